The Hall–Kier alpha value is 0. The third-order valence-corrected chi connectivity index (χ3v) is 5.54. The molecule has 6 atom stereocenters. The summed E-state index contributed by atoms with van der Waals surface area (Å²) in [5, 5.41) is 0. The zero-order valence-electron chi connectivity index (χ0n) is 7.71. The molecule has 12 heavy (non-hydrogen) atoms. The first-order valence-corrected chi connectivity index (χ1v) is 5.97. The molecule has 4 aliphatic carbocycles. The highest BCUT2D eigenvalue weighted by molar-refractivity contribution is 5.16. The van der Waals surface area contributed by atoms with E-state index >= 15 is 0 Å². The predicted octanol–water partition coefficient (Wildman–Crippen LogP) is 3.08. The van der Waals surface area contributed by atoms with E-state index in [1.54, 1.807) is 38.5 Å². The molecule has 0 spiro atoms. The van der Waals surface area contributed by atoms with Gasteiger partial charge in [0.2, 0.25) is 0 Å². The third-order valence-electron chi connectivity index (χ3n) is 5.54. The smallest absolute Gasteiger partial charge is 0.0318 e. The number of hydrogen-bond donors (Lipinski definition) is 0. The first-order chi connectivity index (χ1) is 5.97. The van der Waals surface area contributed by atoms with Crippen LogP contribution in [0.2, 0.25) is 0 Å². The van der Waals surface area contributed by atoms with E-state index in [2.05, 4.69) is 0 Å². The molecule has 4 aliphatic rings. The monoisotopic (exact) mass is 162 g/mol. The van der Waals surface area contributed by atoms with Crippen LogP contribution < -0.4 is 0 Å². The molecule has 0 aromatic carbocycles. The fourth-order valence-electron chi connectivity index (χ4n) is 5.29. The standard InChI is InChI=1S/C12H18/c1-2-4-8-7(3-1)9-5-6-10-11(8)12(9)10/h7-12H,1-6H2. The molecule has 66 valence electrons. The summed E-state index contributed by atoms with van der Waals surface area (Å²) in [6.07, 6.45) is 9.57. The van der Waals surface area contributed by atoms with E-state index in [0.29, 0.717) is 0 Å². The van der Waals surface area contributed by atoms with Crippen molar-refractivity contribution < 1.29 is 0 Å². The fourth-order valence-corrected chi connectivity index (χ4v) is 5.29. The van der Waals surface area contributed by atoms with Gasteiger partial charge in [0.1, 0.15) is 0 Å². The summed E-state index contributed by atoms with van der Waals surface area (Å²) >= 11 is 0. The highest BCUT2D eigenvalue weighted by atomic mass is 14.7. The van der Waals surface area contributed by atoms with Gasteiger partial charge in [-0.3, -0.25) is 0 Å². The molecule has 0 heterocycles. The van der Waals surface area contributed by atoms with Crippen molar-refractivity contribution in [3.05, 3.63) is 0 Å². The van der Waals surface area contributed by atoms with Crippen LogP contribution in [0.25, 0.3) is 0 Å². The topological polar surface area (TPSA) is 0 Å². The zero-order valence-corrected chi connectivity index (χ0v) is 7.71. The highest BCUT2D eigenvalue weighted by Gasteiger charge is 2.68. The van der Waals surface area contributed by atoms with Crippen LogP contribution >= 0.6 is 0 Å². The molecule has 0 N–H and O–H groups in total. The van der Waals surface area contributed by atoms with E-state index in [0.717, 1.165) is 0 Å². The van der Waals surface area contributed by atoms with Crippen molar-refractivity contribution in [2.75, 3.05) is 0 Å². The van der Waals surface area contributed by atoms with Gasteiger partial charge in [0.25, 0.3) is 0 Å². The van der Waals surface area contributed by atoms with Crippen molar-refractivity contribution in [2.24, 2.45) is 35.5 Å². The molecule has 0 heteroatoms. The van der Waals surface area contributed by atoms with Crippen LogP contribution in [-0.4, -0.2) is 0 Å². The predicted molar refractivity (Wildman–Crippen MR) is 48.6 cm³/mol. The van der Waals surface area contributed by atoms with Crippen LogP contribution in [0.5, 0.6) is 0 Å². The van der Waals surface area contributed by atoms with E-state index < -0.39 is 0 Å². The van der Waals surface area contributed by atoms with Gasteiger partial charge < -0.3 is 0 Å². The van der Waals surface area contributed by atoms with Gasteiger partial charge in [-0.1, -0.05) is 12.8 Å². The summed E-state index contributed by atoms with van der Waals surface area (Å²) in [6.45, 7) is 0. The molecule has 6 unspecified atom stereocenters. The molecule has 4 rings (SSSR count). The Kier molecular flexibility index (Phi) is 1.03. The van der Waals surface area contributed by atoms with Gasteiger partial charge in [0.15, 0.2) is 0 Å². The van der Waals surface area contributed by atoms with Gasteiger partial charge in [-0.05, 0) is 61.2 Å². The van der Waals surface area contributed by atoms with E-state index in [4.69, 9.17) is 0 Å². The van der Waals surface area contributed by atoms with E-state index in [9.17, 15) is 0 Å². The highest BCUT2D eigenvalue weighted by Crippen LogP contribution is 2.74. The largest absolute Gasteiger partial charge is 0.0530 e. The van der Waals surface area contributed by atoms with Crippen LogP contribution in [0.15, 0.2) is 0 Å². The molecule has 4 saturated carbocycles. The van der Waals surface area contributed by atoms with Crippen LogP contribution in [0.1, 0.15) is 38.5 Å². The minimum absolute atomic E-state index is 1.22. The van der Waals surface area contributed by atoms with Gasteiger partial charge in [0.05, 0.1) is 0 Å². The Morgan fingerprint density at radius 3 is 1.92 bits per heavy atom. The van der Waals surface area contributed by atoms with Crippen molar-refractivity contribution >= 4 is 0 Å². The molecule has 0 nitrogen and oxygen atoms in total. The minimum atomic E-state index is 1.22. The molecule has 0 saturated heterocycles. The molecular formula is C12H18. The first-order valence-electron chi connectivity index (χ1n) is 5.97. The van der Waals surface area contributed by atoms with Gasteiger partial charge in [-0.15, -0.1) is 0 Å². The van der Waals surface area contributed by atoms with Crippen LogP contribution in [0.4, 0.5) is 0 Å². The number of rotatable bonds is 0. The zero-order chi connectivity index (χ0) is 7.71. The molecule has 0 amide bonds. The Bertz CT molecular complexity index is 214. The van der Waals surface area contributed by atoms with E-state index in [1.165, 1.54) is 35.5 Å². The number of hydrogen-bond acceptors (Lipinski definition) is 0. The van der Waals surface area contributed by atoms with Gasteiger partial charge in [-0.25, -0.2) is 0 Å². The maximum absolute atomic E-state index is 1.62. The third kappa shape index (κ3) is 0.561. The first kappa shape index (κ1) is 6.45. The second-order valence-electron chi connectivity index (χ2n) is 5.67. The Morgan fingerprint density at radius 2 is 1.08 bits per heavy atom. The lowest BCUT2D eigenvalue weighted by atomic mass is 9.75. The Balaban J connectivity index is 1.71. The summed E-state index contributed by atoms with van der Waals surface area (Å²) in [7, 11) is 0. The molecule has 0 bridgehead atoms. The van der Waals surface area contributed by atoms with Gasteiger partial charge >= 0.3 is 0 Å². The maximum Gasteiger partial charge on any atom is -0.0318 e. The normalized spacial score (nSPS) is 66.0. The molecule has 4 fully saturated rings. The Labute approximate surface area is 74.7 Å². The molecular weight excluding hydrogens is 144 g/mol. The lowest BCUT2D eigenvalue weighted by Gasteiger charge is -2.30. The summed E-state index contributed by atoms with van der Waals surface area (Å²) in [5.74, 6) is 7.43. The molecule has 0 radical (unpaired) electrons. The second-order valence-corrected chi connectivity index (χ2v) is 5.67. The van der Waals surface area contributed by atoms with Crippen molar-refractivity contribution in [3.63, 3.8) is 0 Å². The van der Waals surface area contributed by atoms with E-state index in [-0.39, 0.29) is 0 Å². The fraction of sp³-hybridized carbons (Fsp3) is 1.00. The molecule has 0 aromatic heterocycles. The van der Waals surface area contributed by atoms with Crippen LogP contribution in [0.3, 0.4) is 0 Å². The lowest BCUT2D eigenvalue weighted by molar-refractivity contribution is 0.197. The molecule has 0 aliphatic heterocycles. The Morgan fingerprint density at radius 1 is 0.500 bits per heavy atom. The summed E-state index contributed by atoms with van der Waals surface area (Å²) in [4.78, 5) is 0. The minimum Gasteiger partial charge on any atom is -0.0530 e. The van der Waals surface area contributed by atoms with Gasteiger partial charge in [-0.2, -0.15) is 0 Å². The summed E-state index contributed by atoms with van der Waals surface area (Å²) in [5.41, 5.74) is 0. The quantitative estimate of drug-likeness (QED) is 0.513. The van der Waals surface area contributed by atoms with E-state index in [1.807, 2.05) is 0 Å². The average molecular weight is 162 g/mol. The number of fused-ring (bicyclic) bond motifs is 4. The van der Waals surface area contributed by atoms with Crippen molar-refractivity contribution in [2.45, 2.75) is 38.5 Å². The average Bonchev–Trinajstić information content (AvgIpc) is 2.57. The SMILES string of the molecule is C1CCC2C(C1)C1CCC3C2C13. The van der Waals surface area contributed by atoms with Crippen LogP contribution in [-0.2, 0) is 0 Å². The maximum atomic E-state index is 1.62. The van der Waals surface area contributed by atoms with Crippen molar-refractivity contribution in [3.8, 4) is 0 Å². The van der Waals surface area contributed by atoms with Gasteiger partial charge in [0, 0.05) is 0 Å². The van der Waals surface area contributed by atoms with Crippen molar-refractivity contribution in [1.29, 1.82) is 0 Å². The lowest BCUT2D eigenvalue weighted by Crippen LogP contribution is -2.21. The summed E-state index contributed by atoms with van der Waals surface area (Å²) in [6, 6.07) is 0. The second kappa shape index (κ2) is 1.91. The van der Waals surface area contributed by atoms with Crippen LogP contribution in [0, 0.1) is 35.5 Å². The molecule has 0 aromatic rings. The summed E-state index contributed by atoms with van der Waals surface area (Å²) < 4.78 is 0. The van der Waals surface area contributed by atoms with Crippen molar-refractivity contribution in [1.82, 2.24) is 0 Å².